The number of nitrogens with one attached hydrogen (secondary N) is 2. The molecule has 7 nitrogen and oxygen atoms in total. The SMILES string of the molecule is CCNC(=NCc1cccc(OC)c1OC1CCCC1)NC1CCN(C(=O)C(C)C)CC1. The molecule has 1 amide bonds. The van der Waals surface area contributed by atoms with Gasteiger partial charge >= 0.3 is 0 Å². The van der Waals surface area contributed by atoms with Gasteiger partial charge in [-0.1, -0.05) is 26.0 Å². The predicted octanol–water partition coefficient (Wildman–Crippen LogP) is 3.72. The molecular weight excluding hydrogens is 404 g/mol. The van der Waals surface area contributed by atoms with Crippen LogP contribution in [-0.2, 0) is 11.3 Å². The Labute approximate surface area is 192 Å². The fraction of sp³-hybridized carbons (Fsp3) is 0.680. The maximum atomic E-state index is 12.2. The topological polar surface area (TPSA) is 75.2 Å². The van der Waals surface area contributed by atoms with E-state index in [0.717, 1.165) is 68.3 Å². The second-order valence-corrected chi connectivity index (χ2v) is 9.07. The molecule has 2 N–H and O–H groups in total. The molecule has 2 aliphatic rings. The maximum Gasteiger partial charge on any atom is 0.225 e. The Hall–Kier alpha value is -2.44. The van der Waals surface area contributed by atoms with Crippen molar-refractivity contribution >= 4 is 11.9 Å². The first-order valence-electron chi connectivity index (χ1n) is 12.2. The highest BCUT2D eigenvalue weighted by atomic mass is 16.5. The minimum atomic E-state index is 0.0573. The number of nitrogens with zero attached hydrogens (tertiary/aromatic N) is 2. The third-order valence-electron chi connectivity index (χ3n) is 6.26. The van der Waals surface area contributed by atoms with Crippen LogP contribution in [0.4, 0.5) is 0 Å². The van der Waals surface area contributed by atoms with Crippen molar-refractivity contribution in [3.05, 3.63) is 23.8 Å². The van der Waals surface area contributed by atoms with Crippen LogP contribution in [0.5, 0.6) is 11.5 Å². The summed E-state index contributed by atoms with van der Waals surface area (Å²) in [7, 11) is 1.69. The van der Waals surface area contributed by atoms with Crippen molar-refractivity contribution in [2.45, 2.75) is 78.0 Å². The largest absolute Gasteiger partial charge is 0.493 e. The molecule has 1 aliphatic carbocycles. The standard InChI is InChI=1S/C25H40N4O3/c1-5-26-25(28-20-13-15-29(16-14-20)24(30)18(2)3)27-17-19-9-8-12-22(31-4)23(19)32-21-10-6-7-11-21/h8-9,12,18,20-21H,5-7,10-11,13-17H2,1-4H3,(H2,26,27,28). The molecule has 178 valence electrons. The second-order valence-electron chi connectivity index (χ2n) is 9.07. The summed E-state index contributed by atoms with van der Waals surface area (Å²) >= 11 is 0. The van der Waals surface area contributed by atoms with Gasteiger partial charge in [0.05, 0.1) is 19.8 Å². The van der Waals surface area contributed by atoms with Crippen molar-refractivity contribution < 1.29 is 14.3 Å². The molecule has 2 fully saturated rings. The Kier molecular flexibility index (Phi) is 9.06. The van der Waals surface area contributed by atoms with Crippen molar-refractivity contribution in [2.24, 2.45) is 10.9 Å². The van der Waals surface area contributed by atoms with Crippen LogP contribution in [0.25, 0.3) is 0 Å². The van der Waals surface area contributed by atoms with Crippen LogP contribution in [0.15, 0.2) is 23.2 Å². The number of amides is 1. The fourth-order valence-electron chi connectivity index (χ4n) is 4.44. The first-order valence-corrected chi connectivity index (χ1v) is 12.2. The number of para-hydroxylation sites is 1. The molecule has 7 heteroatoms. The van der Waals surface area contributed by atoms with E-state index in [2.05, 4.69) is 23.6 Å². The molecule has 1 saturated heterocycles. The summed E-state index contributed by atoms with van der Waals surface area (Å²) in [6.07, 6.45) is 6.77. The number of carbonyl (C=O) groups is 1. The van der Waals surface area contributed by atoms with Crippen LogP contribution in [0, 0.1) is 5.92 Å². The normalized spacial score (nSPS) is 18.2. The summed E-state index contributed by atoms with van der Waals surface area (Å²) in [5.74, 6) is 2.70. The third kappa shape index (κ3) is 6.53. The molecule has 1 aliphatic heterocycles. The molecule has 1 saturated carbocycles. The molecule has 1 aromatic carbocycles. The van der Waals surface area contributed by atoms with Crippen LogP contribution in [0.2, 0.25) is 0 Å². The van der Waals surface area contributed by atoms with Gasteiger partial charge in [0.25, 0.3) is 0 Å². The molecule has 3 rings (SSSR count). The number of hydrogen-bond donors (Lipinski definition) is 2. The van der Waals surface area contributed by atoms with E-state index in [1.165, 1.54) is 12.8 Å². The van der Waals surface area contributed by atoms with E-state index in [4.69, 9.17) is 14.5 Å². The van der Waals surface area contributed by atoms with Gasteiger partial charge in [0.15, 0.2) is 17.5 Å². The van der Waals surface area contributed by atoms with Crippen LogP contribution < -0.4 is 20.1 Å². The van der Waals surface area contributed by atoms with Crippen molar-refractivity contribution in [1.82, 2.24) is 15.5 Å². The van der Waals surface area contributed by atoms with E-state index < -0.39 is 0 Å². The average Bonchev–Trinajstić information content (AvgIpc) is 3.31. The average molecular weight is 445 g/mol. The van der Waals surface area contributed by atoms with Gasteiger partial charge < -0.3 is 25.0 Å². The highest BCUT2D eigenvalue weighted by Crippen LogP contribution is 2.35. The molecule has 0 aromatic heterocycles. The van der Waals surface area contributed by atoms with Gasteiger partial charge in [-0.2, -0.15) is 0 Å². The molecule has 32 heavy (non-hydrogen) atoms. The first-order chi connectivity index (χ1) is 15.5. The molecule has 0 bridgehead atoms. The van der Waals surface area contributed by atoms with Gasteiger partial charge in [0.2, 0.25) is 5.91 Å². The summed E-state index contributed by atoms with van der Waals surface area (Å²) in [5, 5.41) is 6.93. The van der Waals surface area contributed by atoms with Gasteiger partial charge in [-0.05, 0) is 51.5 Å². The van der Waals surface area contributed by atoms with E-state index in [1.54, 1.807) is 7.11 Å². The Bertz CT molecular complexity index is 766. The Balaban J connectivity index is 1.64. The summed E-state index contributed by atoms with van der Waals surface area (Å²) in [6.45, 7) is 8.89. The smallest absolute Gasteiger partial charge is 0.225 e. The first kappa shape index (κ1) is 24.2. The Morgan fingerprint density at radius 1 is 1.19 bits per heavy atom. The zero-order valence-electron chi connectivity index (χ0n) is 20.2. The van der Waals surface area contributed by atoms with E-state index in [0.29, 0.717) is 12.6 Å². The lowest BCUT2D eigenvalue weighted by atomic mass is 10.0. The van der Waals surface area contributed by atoms with Crippen molar-refractivity contribution in [2.75, 3.05) is 26.7 Å². The van der Waals surface area contributed by atoms with E-state index >= 15 is 0 Å². The fourth-order valence-corrected chi connectivity index (χ4v) is 4.44. The van der Waals surface area contributed by atoms with Crippen LogP contribution in [0.3, 0.4) is 0 Å². The minimum Gasteiger partial charge on any atom is -0.493 e. The number of rotatable bonds is 8. The summed E-state index contributed by atoms with van der Waals surface area (Å²) in [5.41, 5.74) is 1.03. The maximum absolute atomic E-state index is 12.2. The monoisotopic (exact) mass is 444 g/mol. The molecule has 1 aromatic rings. The second kappa shape index (κ2) is 12.0. The zero-order valence-corrected chi connectivity index (χ0v) is 20.2. The number of guanidine groups is 1. The van der Waals surface area contributed by atoms with E-state index in [1.807, 2.05) is 30.9 Å². The van der Waals surface area contributed by atoms with Crippen LogP contribution in [0.1, 0.15) is 64.9 Å². The number of carbonyl (C=O) groups excluding carboxylic acids is 1. The quantitative estimate of drug-likeness (QED) is 0.472. The van der Waals surface area contributed by atoms with Crippen molar-refractivity contribution in [3.63, 3.8) is 0 Å². The zero-order chi connectivity index (χ0) is 22.9. The lowest BCUT2D eigenvalue weighted by Gasteiger charge is -2.34. The number of methoxy groups -OCH3 is 1. The van der Waals surface area contributed by atoms with Gasteiger partial charge in [-0.25, -0.2) is 4.99 Å². The Morgan fingerprint density at radius 2 is 1.91 bits per heavy atom. The summed E-state index contributed by atoms with van der Waals surface area (Å²) in [4.78, 5) is 19.1. The van der Waals surface area contributed by atoms with Gasteiger partial charge in [-0.15, -0.1) is 0 Å². The number of ether oxygens (including phenoxy) is 2. The summed E-state index contributed by atoms with van der Waals surface area (Å²) in [6, 6.07) is 6.32. The lowest BCUT2D eigenvalue weighted by Crippen LogP contribution is -2.50. The molecule has 1 heterocycles. The third-order valence-corrected chi connectivity index (χ3v) is 6.26. The Morgan fingerprint density at radius 3 is 2.53 bits per heavy atom. The van der Waals surface area contributed by atoms with E-state index in [-0.39, 0.29) is 17.9 Å². The molecule has 0 spiro atoms. The van der Waals surface area contributed by atoms with Gasteiger partial charge in [-0.3, -0.25) is 4.79 Å². The lowest BCUT2D eigenvalue weighted by molar-refractivity contribution is -0.135. The van der Waals surface area contributed by atoms with Crippen LogP contribution in [-0.4, -0.2) is 55.7 Å². The number of hydrogen-bond acceptors (Lipinski definition) is 4. The van der Waals surface area contributed by atoms with Gasteiger partial charge in [0.1, 0.15) is 0 Å². The number of likely N-dealkylation sites (tertiary alicyclic amines) is 1. The molecule has 0 radical (unpaired) electrons. The summed E-state index contributed by atoms with van der Waals surface area (Å²) < 4.78 is 11.9. The van der Waals surface area contributed by atoms with Crippen molar-refractivity contribution in [1.29, 1.82) is 0 Å². The molecular formula is C25H40N4O3. The highest BCUT2D eigenvalue weighted by Gasteiger charge is 2.25. The number of benzene rings is 1. The molecule has 0 unspecified atom stereocenters. The van der Waals surface area contributed by atoms with E-state index in [9.17, 15) is 4.79 Å². The number of aliphatic imine (C=N–C) groups is 1. The minimum absolute atomic E-state index is 0.0573. The number of piperidine rings is 1. The highest BCUT2D eigenvalue weighted by molar-refractivity contribution is 5.80. The van der Waals surface area contributed by atoms with Gasteiger partial charge in [0, 0.05) is 37.2 Å². The van der Waals surface area contributed by atoms with Crippen LogP contribution >= 0.6 is 0 Å². The predicted molar refractivity (Wildman–Crippen MR) is 128 cm³/mol. The van der Waals surface area contributed by atoms with Crippen molar-refractivity contribution in [3.8, 4) is 11.5 Å². The molecule has 0 atom stereocenters.